The van der Waals surface area contributed by atoms with Crippen LogP contribution in [0.4, 0.5) is 23.0 Å². The molecule has 2 aromatic carbocycles. The Bertz CT molecular complexity index is 1330. The molecule has 0 unspecified atom stereocenters. The van der Waals surface area contributed by atoms with Crippen LogP contribution in [0.25, 0.3) is 21.8 Å². The van der Waals surface area contributed by atoms with Crippen LogP contribution in [0.15, 0.2) is 36.4 Å². The Morgan fingerprint density at radius 3 is 1.83 bits per heavy atom. The van der Waals surface area contributed by atoms with Gasteiger partial charge in [-0.3, -0.25) is 19.5 Å². The summed E-state index contributed by atoms with van der Waals surface area (Å²) in [5, 5.41) is 21.6. The first-order valence-electron chi connectivity index (χ1n) is 11.4. The Kier molecular flexibility index (Phi) is 8.67. The second kappa shape index (κ2) is 11.7. The van der Waals surface area contributed by atoms with Crippen LogP contribution in [0.1, 0.15) is 0 Å². The van der Waals surface area contributed by atoms with Gasteiger partial charge in [-0.25, -0.2) is 0 Å². The van der Waals surface area contributed by atoms with Crippen molar-refractivity contribution in [3.8, 4) is 0 Å². The number of nitro groups is 1. The number of likely N-dealkylation sites (N-methyl/N-ethyl adjacent to an activating group) is 2. The van der Waals surface area contributed by atoms with Crippen LogP contribution < -0.4 is 15.5 Å². The fraction of sp³-hybridized carbons (Fsp3) is 0.417. The standard InChI is InChI=1S/C12H16N4O3.C12H18N4O/c1-14(6-7-19-3)12-10-8-9(16(17)18)4-5-11(10)15(2)13-12;1-15(6-7-17-3)12-10-8-9(13)4-5-11(10)16(2)14-12/h4-5,8H,6-7H2,1-3H3;4-5,8H,6-7,13H2,1-3H3. The van der Waals surface area contributed by atoms with E-state index in [0.717, 1.165) is 45.7 Å². The lowest BCUT2D eigenvalue weighted by Crippen LogP contribution is -2.22. The number of nitrogens with zero attached hydrogens (tertiary/aromatic N) is 7. The largest absolute Gasteiger partial charge is 0.399 e. The number of fused-ring (bicyclic) bond motifs is 2. The van der Waals surface area contributed by atoms with Crippen molar-refractivity contribution in [1.29, 1.82) is 0 Å². The van der Waals surface area contributed by atoms with Crippen LogP contribution in [0, 0.1) is 10.1 Å². The maximum atomic E-state index is 10.8. The third-order valence-corrected chi connectivity index (χ3v) is 5.86. The average molecular weight is 499 g/mol. The van der Waals surface area contributed by atoms with E-state index in [9.17, 15) is 10.1 Å². The number of aromatic nitrogens is 4. The zero-order chi connectivity index (χ0) is 26.4. The summed E-state index contributed by atoms with van der Waals surface area (Å²) >= 11 is 0. The highest BCUT2D eigenvalue weighted by molar-refractivity contribution is 5.93. The molecule has 2 heterocycles. The summed E-state index contributed by atoms with van der Waals surface area (Å²) in [5.74, 6) is 1.66. The fourth-order valence-corrected chi connectivity index (χ4v) is 3.85. The van der Waals surface area contributed by atoms with Crippen molar-refractivity contribution in [3.05, 3.63) is 46.5 Å². The molecule has 0 radical (unpaired) electrons. The molecule has 0 atom stereocenters. The number of rotatable bonds is 9. The molecule has 0 aliphatic heterocycles. The summed E-state index contributed by atoms with van der Waals surface area (Å²) in [6.45, 7) is 2.73. The molecule has 2 aromatic heterocycles. The lowest BCUT2D eigenvalue weighted by molar-refractivity contribution is -0.384. The average Bonchev–Trinajstić information content (AvgIpc) is 3.37. The van der Waals surface area contributed by atoms with Gasteiger partial charge in [-0.2, -0.15) is 10.2 Å². The molecule has 4 rings (SSSR count). The highest BCUT2D eigenvalue weighted by atomic mass is 16.6. The topological polar surface area (TPSA) is 130 Å². The zero-order valence-corrected chi connectivity index (χ0v) is 21.6. The number of nitro benzene ring substituents is 1. The minimum atomic E-state index is -0.397. The smallest absolute Gasteiger partial charge is 0.270 e. The summed E-state index contributed by atoms with van der Waals surface area (Å²) < 4.78 is 13.7. The van der Waals surface area contributed by atoms with E-state index in [1.165, 1.54) is 6.07 Å². The summed E-state index contributed by atoms with van der Waals surface area (Å²) in [7, 11) is 11.0. The van der Waals surface area contributed by atoms with Crippen LogP contribution in [0.2, 0.25) is 0 Å². The van der Waals surface area contributed by atoms with E-state index in [0.29, 0.717) is 19.8 Å². The van der Waals surface area contributed by atoms with Gasteiger partial charge in [0.25, 0.3) is 5.69 Å². The minimum absolute atomic E-state index is 0.0712. The number of anilines is 3. The van der Waals surface area contributed by atoms with E-state index in [1.54, 1.807) is 31.0 Å². The molecule has 2 N–H and O–H groups in total. The molecule has 0 fully saturated rings. The highest BCUT2D eigenvalue weighted by Gasteiger charge is 2.16. The van der Waals surface area contributed by atoms with Gasteiger partial charge in [0.1, 0.15) is 0 Å². The molecule has 0 amide bonds. The number of nitrogens with two attached hydrogens (primary N) is 1. The van der Waals surface area contributed by atoms with Gasteiger partial charge in [0, 0.05) is 78.7 Å². The van der Waals surface area contributed by atoms with Crippen molar-refractivity contribution in [3.63, 3.8) is 0 Å². The molecule has 12 heteroatoms. The van der Waals surface area contributed by atoms with Gasteiger partial charge in [0.05, 0.1) is 34.6 Å². The first kappa shape index (κ1) is 26.7. The number of nitrogen functional groups attached to an aromatic ring is 1. The van der Waals surface area contributed by atoms with E-state index >= 15 is 0 Å². The molecule has 0 aliphatic carbocycles. The van der Waals surface area contributed by atoms with Crippen molar-refractivity contribution in [2.75, 3.05) is 70.2 Å². The molecule has 194 valence electrons. The van der Waals surface area contributed by atoms with E-state index in [4.69, 9.17) is 15.2 Å². The quantitative estimate of drug-likeness (QED) is 0.210. The highest BCUT2D eigenvalue weighted by Crippen LogP contribution is 2.29. The Hall–Kier alpha value is -3.90. The maximum Gasteiger partial charge on any atom is 0.270 e. The molecule has 36 heavy (non-hydrogen) atoms. The van der Waals surface area contributed by atoms with Crippen LogP contribution in [-0.2, 0) is 23.6 Å². The monoisotopic (exact) mass is 498 g/mol. The van der Waals surface area contributed by atoms with E-state index in [-0.39, 0.29) is 5.69 Å². The van der Waals surface area contributed by atoms with E-state index < -0.39 is 4.92 Å². The van der Waals surface area contributed by atoms with Gasteiger partial charge in [-0.15, -0.1) is 0 Å². The lowest BCUT2D eigenvalue weighted by Gasteiger charge is -2.15. The van der Waals surface area contributed by atoms with Crippen LogP contribution in [-0.4, -0.2) is 79.1 Å². The number of hydrogen-bond acceptors (Lipinski definition) is 9. The number of aryl methyl sites for hydroxylation is 2. The Morgan fingerprint density at radius 2 is 1.36 bits per heavy atom. The molecular weight excluding hydrogens is 464 g/mol. The summed E-state index contributed by atoms with van der Waals surface area (Å²) in [6.07, 6.45) is 0. The Balaban J connectivity index is 0.000000202. The maximum absolute atomic E-state index is 10.8. The second-order valence-electron chi connectivity index (χ2n) is 8.46. The molecule has 12 nitrogen and oxygen atoms in total. The van der Waals surface area contributed by atoms with Gasteiger partial charge in [-0.05, 0) is 24.3 Å². The molecule has 0 saturated carbocycles. The third-order valence-electron chi connectivity index (χ3n) is 5.86. The molecule has 0 bridgehead atoms. The van der Waals surface area contributed by atoms with Crippen molar-refractivity contribution in [1.82, 2.24) is 19.6 Å². The number of ether oxygens (including phenoxy) is 2. The Labute approximate surface area is 209 Å². The number of benzene rings is 2. The van der Waals surface area contributed by atoms with Gasteiger partial charge in [-0.1, -0.05) is 0 Å². The predicted molar refractivity (Wildman–Crippen MR) is 143 cm³/mol. The molecule has 0 saturated heterocycles. The number of hydrogen-bond donors (Lipinski definition) is 1. The van der Waals surface area contributed by atoms with Gasteiger partial charge in [0.15, 0.2) is 11.6 Å². The number of methoxy groups -OCH3 is 2. The SMILES string of the molecule is COCCN(C)c1nn(C)c2ccc(N)cc12.COCCN(C)c1nn(C)c2ccc([N+](=O)[O-])cc12. The zero-order valence-electron chi connectivity index (χ0n) is 21.6. The van der Waals surface area contributed by atoms with Crippen molar-refractivity contribution < 1.29 is 14.4 Å². The van der Waals surface area contributed by atoms with Gasteiger partial charge >= 0.3 is 0 Å². The van der Waals surface area contributed by atoms with Crippen molar-refractivity contribution in [2.24, 2.45) is 14.1 Å². The molecular formula is C24H34N8O4. The van der Waals surface area contributed by atoms with Crippen molar-refractivity contribution >= 4 is 44.8 Å². The van der Waals surface area contributed by atoms with Crippen LogP contribution in [0.5, 0.6) is 0 Å². The minimum Gasteiger partial charge on any atom is -0.399 e. The lowest BCUT2D eigenvalue weighted by atomic mass is 10.2. The van der Waals surface area contributed by atoms with Crippen LogP contribution in [0.3, 0.4) is 0 Å². The molecule has 0 spiro atoms. The van der Waals surface area contributed by atoms with Crippen LogP contribution >= 0.6 is 0 Å². The summed E-state index contributed by atoms with van der Waals surface area (Å²) in [5.41, 5.74) is 8.60. The van der Waals surface area contributed by atoms with Crippen molar-refractivity contribution in [2.45, 2.75) is 0 Å². The fourth-order valence-electron chi connectivity index (χ4n) is 3.85. The summed E-state index contributed by atoms with van der Waals surface area (Å²) in [4.78, 5) is 14.5. The first-order valence-corrected chi connectivity index (χ1v) is 11.4. The van der Waals surface area contributed by atoms with E-state index in [2.05, 4.69) is 15.1 Å². The predicted octanol–water partition coefficient (Wildman–Crippen LogP) is 2.80. The normalized spacial score (nSPS) is 10.9. The third kappa shape index (κ3) is 5.83. The second-order valence-corrected chi connectivity index (χ2v) is 8.46. The Morgan fingerprint density at radius 1 is 0.889 bits per heavy atom. The summed E-state index contributed by atoms with van der Waals surface area (Å²) in [6, 6.07) is 10.6. The molecule has 0 aliphatic rings. The van der Waals surface area contributed by atoms with E-state index in [1.807, 2.05) is 56.0 Å². The number of non-ortho nitro benzene ring substituents is 1. The molecule has 4 aromatic rings. The van der Waals surface area contributed by atoms with Gasteiger partial charge < -0.3 is 25.0 Å². The van der Waals surface area contributed by atoms with Gasteiger partial charge in [0.2, 0.25) is 0 Å². The first-order chi connectivity index (χ1) is 17.2.